The van der Waals surface area contributed by atoms with E-state index in [0.717, 1.165) is 57.3 Å². The van der Waals surface area contributed by atoms with Gasteiger partial charge in [-0.05, 0) is 51.6 Å². The number of methoxy groups -OCH3 is 2. The lowest BCUT2D eigenvalue weighted by Gasteiger charge is -2.32. The van der Waals surface area contributed by atoms with E-state index in [1.54, 1.807) is 27.2 Å². The van der Waals surface area contributed by atoms with Crippen LogP contribution in [0.5, 0.6) is 11.5 Å². The minimum absolute atomic E-state index is 0.0889. The van der Waals surface area contributed by atoms with Gasteiger partial charge in [-0.2, -0.15) is 0 Å². The highest BCUT2D eigenvalue weighted by Gasteiger charge is 2.34. The van der Waals surface area contributed by atoms with Crippen molar-refractivity contribution in [3.8, 4) is 11.5 Å². The van der Waals surface area contributed by atoms with E-state index in [9.17, 15) is 14.4 Å². The van der Waals surface area contributed by atoms with Gasteiger partial charge in [0.1, 0.15) is 23.2 Å². The lowest BCUT2D eigenvalue weighted by Crippen LogP contribution is -2.49. The van der Waals surface area contributed by atoms with Crippen molar-refractivity contribution in [3.63, 3.8) is 0 Å². The highest BCUT2D eigenvalue weighted by Crippen LogP contribution is 2.41. The van der Waals surface area contributed by atoms with Gasteiger partial charge in [0.25, 0.3) is 0 Å². The molecular weight excluding hydrogens is 490 g/mol. The molecule has 1 fully saturated rings. The first-order chi connectivity index (χ1) is 18.4. The second-order valence-electron chi connectivity index (χ2n) is 9.89. The standard InChI is InChI=1S/C28H43N3O7/c1-4-37-28(34)30-27(33)29-20-13-16-31(17-14-20)15-11-9-7-5-6-8-10-12-23-22-18-21(35-2)19-24(36-3)25(22)26(32)38-23/h18-20,23H,4-17H2,1-3H3,(H2,29,30,33,34)/t23-/m1/s1. The number of unbranched alkanes of at least 4 members (excludes halogenated alkanes) is 6. The fourth-order valence-electron chi connectivity index (χ4n) is 5.16. The molecule has 3 amide bonds. The highest BCUT2D eigenvalue weighted by molar-refractivity contribution is 5.97. The number of esters is 1. The number of likely N-dealkylation sites (tertiary alicyclic amines) is 1. The first-order valence-corrected chi connectivity index (χ1v) is 13.9. The molecule has 2 aliphatic heterocycles. The Labute approximate surface area is 225 Å². The molecule has 1 atom stereocenters. The maximum absolute atomic E-state index is 12.3. The average molecular weight is 534 g/mol. The van der Waals surface area contributed by atoms with E-state index in [1.165, 1.54) is 32.1 Å². The zero-order valence-corrected chi connectivity index (χ0v) is 23.0. The topological polar surface area (TPSA) is 115 Å². The molecule has 0 bridgehead atoms. The van der Waals surface area contributed by atoms with Crippen molar-refractivity contribution in [2.45, 2.75) is 83.3 Å². The van der Waals surface area contributed by atoms with Gasteiger partial charge in [0.2, 0.25) is 0 Å². The molecule has 2 N–H and O–H groups in total. The van der Waals surface area contributed by atoms with E-state index in [2.05, 4.69) is 15.5 Å². The molecule has 38 heavy (non-hydrogen) atoms. The monoisotopic (exact) mass is 533 g/mol. The number of hydrogen-bond acceptors (Lipinski definition) is 8. The number of piperidine rings is 1. The Morgan fingerprint density at radius 1 is 1.00 bits per heavy atom. The summed E-state index contributed by atoms with van der Waals surface area (Å²) in [6.45, 7) is 4.93. The van der Waals surface area contributed by atoms with Gasteiger partial charge < -0.3 is 29.2 Å². The molecule has 10 heteroatoms. The number of carbonyl (C=O) groups excluding carboxylic acids is 3. The van der Waals surface area contributed by atoms with Crippen LogP contribution in [0.3, 0.4) is 0 Å². The molecule has 1 aromatic rings. The second kappa shape index (κ2) is 15.4. The summed E-state index contributed by atoms with van der Waals surface area (Å²) < 4.78 is 21.1. The Morgan fingerprint density at radius 3 is 2.34 bits per heavy atom. The van der Waals surface area contributed by atoms with E-state index < -0.39 is 12.1 Å². The van der Waals surface area contributed by atoms with Crippen LogP contribution < -0.4 is 20.1 Å². The third kappa shape index (κ3) is 8.79. The number of nitrogens with zero attached hydrogens (tertiary/aromatic N) is 1. The van der Waals surface area contributed by atoms with Crippen LogP contribution in [0, 0.1) is 0 Å². The quantitative estimate of drug-likeness (QED) is 0.255. The Bertz CT molecular complexity index is 931. The first-order valence-electron chi connectivity index (χ1n) is 13.9. The number of fused-ring (bicyclic) bond motifs is 1. The van der Waals surface area contributed by atoms with Crippen LogP contribution in [0.1, 0.15) is 93.2 Å². The van der Waals surface area contributed by atoms with Gasteiger partial charge in [0, 0.05) is 30.8 Å². The minimum Gasteiger partial charge on any atom is -0.497 e. The zero-order chi connectivity index (χ0) is 27.3. The number of rotatable bonds is 14. The number of urea groups is 1. The fourth-order valence-corrected chi connectivity index (χ4v) is 5.16. The molecule has 1 saturated heterocycles. The molecule has 0 aliphatic carbocycles. The number of alkyl carbamates (subject to hydrolysis) is 1. The van der Waals surface area contributed by atoms with Gasteiger partial charge in [0.15, 0.2) is 0 Å². The second-order valence-corrected chi connectivity index (χ2v) is 9.89. The average Bonchev–Trinajstić information content (AvgIpc) is 3.23. The predicted octanol–water partition coefficient (Wildman–Crippen LogP) is 4.96. The van der Waals surface area contributed by atoms with Crippen LogP contribution in [0.15, 0.2) is 12.1 Å². The van der Waals surface area contributed by atoms with Gasteiger partial charge in [-0.3, -0.25) is 0 Å². The third-order valence-corrected chi connectivity index (χ3v) is 7.22. The van der Waals surface area contributed by atoms with Crippen molar-refractivity contribution in [1.82, 2.24) is 15.5 Å². The van der Waals surface area contributed by atoms with Crippen molar-refractivity contribution in [2.24, 2.45) is 0 Å². The number of ether oxygens (including phenoxy) is 4. The molecule has 2 aliphatic rings. The predicted molar refractivity (Wildman–Crippen MR) is 143 cm³/mol. The van der Waals surface area contributed by atoms with Crippen molar-refractivity contribution in [1.29, 1.82) is 0 Å². The molecule has 0 radical (unpaired) electrons. The number of amides is 3. The van der Waals surface area contributed by atoms with Crippen LogP contribution in [-0.2, 0) is 9.47 Å². The van der Waals surface area contributed by atoms with Crippen molar-refractivity contribution in [2.75, 3.05) is 40.5 Å². The van der Waals surface area contributed by atoms with Crippen LogP contribution in [0.2, 0.25) is 0 Å². The number of carbonyl (C=O) groups is 3. The Hall–Kier alpha value is -3.01. The molecule has 2 heterocycles. The van der Waals surface area contributed by atoms with Gasteiger partial charge in [-0.15, -0.1) is 0 Å². The molecule has 3 rings (SSSR count). The van der Waals surface area contributed by atoms with Gasteiger partial charge in [0.05, 0.1) is 20.8 Å². The van der Waals surface area contributed by atoms with E-state index in [-0.39, 0.29) is 24.7 Å². The minimum atomic E-state index is -0.713. The number of hydrogen-bond donors (Lipinski definition) is 2. The van der Waals surface area contributed by atoms with E-state index >= 15 is 0 Å². The van der Waals surface area contributed by atoms with E-state index in [1.807, 2.05) is 6.07 Å². The third-order valence-electron chi connectivity index (χ3n) is 7.22. The van der Waals surface area contributed by atoms with Gasteiger partial charge >= 0.3 is 18.1 Å². The summed E-state index contributed by atoms with van der Waals surface area (Å²) in [6, 6.07) is 3.20. The molecule has 0 unspecified atom stereocenters. The highest BCUT2D eigenvalue weighted by atomic mass is 16.6. The SMILES string of the molecule is CCOC(=O)NC(=O)NC1CCN(CCCCCCCCC[C@H]2OC(=O)c3c(OC)cc(OC)cc32)CC1. The van der Waals surface area contributed by atoms with Crippen LogP contribution in [0.4, 0.5) is 9.59 Å². The van der Waals surface area contributed by atoms with Gasteiger partial charge in [-0.1, -0.05) is 32.1 Å². The smallest absolute Gasteiger partial charge is 0.415 e. The summed E-state index contributed by atoms with van der Waals surface area (Å²) in [5, 5.41) is 5.03. The van der Waals surface area contributed by atoms with Crippen molar-refractivity contribution < 1.29 is 33.3 Å². The number of benzene rings is 1. The summed E-state index contributed by atoms with van der Waals surface area (Å²) in [5.74, 6) is 0.860. The van der Waals surface area contributed by atoms with E-state index in [4.69, 9.17) is 18.9 Å². The number of cyclic esters (lactones) is 1. The lowest BCUT2D eigenvalue weighted by molar-refractivity contribution is 0.0361. The molecule has 0 aromatic heterocycles. The molecule has 0 spiro atoms. The molecule has 10 nitrogen and oxygen atoms in total. The number of imide groups is 1. The van der Waals surface area contributed by atoms with E-state index in [0.29, 0.717) is 17.1 Å². The van der Waals surface area contributed by atoms with Crippen molar-refractivity contribution in [3.05, 3.63) is 23.3 Å². The summed E-state index contributed by atoms with van der Waals surface area (Å²) in [4.78, 5) is 37.9. The molecular formula is C28H43N3O7. The first kappa shape index (κ1) is 29.5. The maximum atomic E-state index is 12.3. The zero-order valence-electron chi connectivity index (χ0n) is 23.0. The van der Waals surface area contributed by atoms with Crippen LogP contribution >= 0.6 is 0 Å². The van der Waals surface area contributed by atoms with Crippen LogP contribution in [0.25, 0.3) is 0 Å². The summed E-state index contributed by atoms with van der Waals surface area (Å²) in [7, 11) is 3.15. The summed E-state index contributed by atoms with van der Waals surface area (Å²) >= 11 is 0. The fraction of sp³-hybridized carbons (Fsp3) is 0.679. The number of nitrogens with one attached hydrogen (secondary N) is 2. The largest absolute Gasteiger partial charge is 0.497 e. The van der Waals surface area contributed by atoms with Gasteiger partial charge in [-0.25, -0.2) is 19.7 Å². The molecule has 212 valence electrons. The lowest BCUT2D eigenvalue weighted by atomic mass is 9.98. The summed E-state index contributed by atoms with van der Waals surface area (Å²) in [5.41, 5.74) is 1.39. The maximum Gasteiger partial charge on any atom is 0.415 e. The normalized spacial score (nSPS) is 17.4. The summed E-state index contributed by atoms with van der Waals surface area (Å²) in [6.07, 6.45) is 9.78. The Kier molecular flexibility index (Phi) is 12.0. The Morgan fingerprint density at radius 2 is 1.68 bits per heavy atom. The van der Waals surface area contributed by atoms with Crippen LogP contribution in [-0.4, -0.2) is 69.5 Å². The van der Waals surface area contributed by atoms with Crippen molar-refractivity contribution >= 4 is 18.1 Å². The molecule has 1 aromatic carbocycles. The Balaban J connectivity index is 1.21. The molecule has 0 saturated carbocycles.